The number of amides is 1. The maximum absolute atomic E-state index is 13.5. The highest BCUT2D eigenvalue weighted by Crippen LogP contribution is 2.34. The van der Waals surface area contributed by atoms with Gasteiger partial charge in [-0.1, -0.05) is 6.07 Å². The third-order valence-corrected chi connectivity index (χ3v) is 3.63. The average Bonchev–Trinajstić information content (AvgIpc) is 3.01. The van der Waals surface area contributed by atoms with Gasteiger partial charge in [0.1, 0.15) is 11.6 Å². The largest absolute Gasteiger partial charge is 0.454 e. The van der Waals surface area contributed by atoms with Crippen LogP contribution in [0.2, 0.25) is 0 Å². The standard InChI is InChI=1S/C18H15F2NO3/c1-11(13-3-6-16-17(8-13)24-10-23-16)21-18(22)7-4-12-2-5-14(19)9-15(12)20/h2-9,11H,10H2,1H3,(H,21,22). The van der Waals surface area contributed by atoms with Crippen LogP contribution in [0.3, 0.4) is 0 Å². The van der Waals surface area contributed by atoms with Crippen molar-refractivity contribution < 1.29 is 23.0 Å². The monoisotopic (exact) mass is 331 g/mol. The predicted octanol–water partition coefficient (Wildman–Crippen LogP) is 3.58. The zero-order chi connectivity index (χ0) is 17.1. The molecule has 0 radical (unpaired) electrons. The van der Waals surface area contributed by atoms with Gasteiger partial charge in [-0.05, 0) is 42.8 Å². The second kappa shape index (κ2) is 6.70. The summed E-state index contributed by atoms with van der Waals surface area (Å²) in [5.41, 5.74) is 0.997. The van der Waals surface area contributed by atoms with Gasteiger partial charge in [-0.2, -0.15) is 0 Å². The van der Waals surface area contributed by atoms with Gasteiger partial charge in [-0.25, -0.2) is 8.78 Å². The number of nitrogens with one attached hydrogen (secondary N) is 1. The summed E-state index contributed by atoms with van der Waals surface area (Å²) >= 11 is 0. The van der Waals surface area contributed by atoms with Crippen molar-refractivity contribution >= 4 is 12.0 Å². The maximum Gasteiger partial charge on any atom is 0.244 e. The lowest BCUT2D eigenvalue weighted by atomic mass is 10.1. The Morgan fingerprint density at radius 3 is 2.75 bits per heavy atom. The first-order valence-electron chi connectivity index (χ1n) is 7.36. The molecule has 4 nitrogen and oxygen atoms in total. The fourth-order valence-electron chi connectivity index (χ4n) is 2.33. The summed E-state index contributed by atoms with van der Waals surface area (Å²) < 4.78 is 36.9. The van der Waals surface area contributed by atoms with Crippen molar-refractivity contribution in [2.24, 2.45) is 0 Å². The minimum Gasteiger partial charge on any atom is -0.454 e. The van der Waals surface area contributed by atoms with Crippen LogP contribution in [0.15, 0.2) is 42.5 Å². The van der Waals surface area contributed by atoms with Crippen LogP contribution in [0, 0.1) is 11.6 Å². The highest BCUT2D eigenvalue weighted by atomic mass is 19.1. The molecule has 1 unspecified atom stereocenters. The highest BCUT2D eigenvalue weighted by Gasteiger charge is 2.16. The molecule has 2 aromatic carbocycles. The van der Waals surface area contributed by atoms with Gasteiger partial charge >= 0.3 is 0 Å². The Morgan fingerprint density at radius 1 is 1.17 bits per heavy atom. The Morgan fingerprint density at radius 2 is 1.96 bits per heavy atom. The maximum atomic E-state index is 13.5. The summed E-state index contributed by atoms with van der Waals surface area (Å²) in [6.07, 6.45) is 2.51. The van der Waals surface area contributed by atoms with E-state index in [4.69, 9.17) is 9.47 Å². The fourth-order valence-corrected chi connectivity index (χ4v) is 2.33. The smallest absolute Gasteiger partial charge is 0.244 e. The second-order valence-electron chi connectivity index (χ2n) is 5.34. The van der Waals surface area contributed by atoms with E-state index in [1.807, 2.05) is 13.0 Å². The summed E-state index contributed by atoms with van der Waals surface area (Å²) in [4.78, 5) is 12.0. The van der Waals surface area contributed by atoms with Crippen molar-refractivity contribution in [1.29, 1.82) is 0 Å². The topological polar surface area (TPSA) is 47.6 Å². The van der Waals surface area contributed by atoms with Crippen molar-refractivity contribution in [2.75, 3.05) is 6.79 Å². The van der Waals surface area contributed by atoms with Crippen LogP contribution in [-0.2, 0) is 4.79 Å². The van der Waals surface area contributed by atoms with Crippen LogP contribution in [0.4, 0.5) is 8.78 Å². The fraction of sp³-hybridized carbons (Fsp3) is 0.167. The molecule has 124 valence electrons. The predicted molar refractivity (Wildman–Crippen MR) is 84.5 cm³/mol. The Labute approximate surface area is 137 Å². The van der Waals surface area contributed by atoms with Gasteiger partial charge in [-0.15, -0.1) is 0 Å². The first-order valence-corrected chi connectivity index (χ1v) is 7.36. The van der Waals surface area contributed by atoms with E-state index in [9.17, 15) is 13.6 Å². The molecule has 0 bridgehead atoms. The van der Waals surface area contributed by atoms with E-state index in [1.54, 1.807) is 12.1 Å². The van der Waals surface area contributed by atoms with Crippen molar-refractivity contribution in [3.05, 3.63) is 65.2 Å². The molecule has 1 N–H and O–H groups in total. The SMILES string of the molecule is CC(NC(=O)C=Cc1ccc(F)cc1F)c1ccc2c(c1)OCO2. The number of hydrogen-bond acceptors (Lipinski definition) is 3. The minimum atomic E-state index is -0.720. The zero-order valence-electron chi connectivity index (χ0n) is 12.9. The van der Waals surface area contributed by atoms with E-state index in [1.165, 1.54) is 18.2 Å². The van der Waals surface area contributed by atoms with Crippen LogP contribution in [0.1, 0.15) is 24.1 Å². The molecule has 0 aromatic heterocycles. The van der Waals surface area contributed by atoms with E-state index >= 15 is 0 Å². The van der Waals surface area contributed by atoms with Crippen molar-refractivity contribution in [1.82, 2.24) is 5.32 Å². The Kier molecular flexibility index (Phi) is 4.46. The van der Waals surface area contributed by atoms with Crippen LogP contribution in [0.5, 0.6) is 11.5 Å². The number of halogens is 2. The molecule has 1 aliphatic rings. The van der Waals surface area contributed by atoms with Gasteiger partial charge in [0, 0.05) is 17.7 Å². The first kappa shape index (κ1) is 16.0. The molecule has 3 rings (SSSR count). The normalized spacial score (nSPS) is 14.0. The molecule has 0 saturated heterocycles. The van der Waals surface area contributed by atoms with Crippen molar-refractivity contribution in [3.63, 3.8) is 0 Å². The van der Waals surface area contributed by atoms with Gasteiger partial charge in [0.05, 0.1) is 6.04 Å². The first-order chi connectivity index (χ1) is 11.5. The molecule has 0 spiro atoms. The van der Waals surface area contributed by atoms with Crippen LogP contribution < -0.4 is 14.8 Å². The number of benzene rings is 2. The van der Waals surface area contributed by atoms with Crippen LogP contribution in [0.25, 0.3) is 6.08 Å². The second-order valence-corrected chi connectivity index (χ2v) is 5.34. The molecule has 1 heterocycles. The summed E-state index contributed by atoms with van der Waals surface area (Å²) in [5.74, 6) is -0.459. The number of fused-ring (bicyclic) bond motifs is 1. The summed E-state index contributed by atoms with van der Waals surface area (Å²) in [6, 6.07) is 8.33. The van der Waals surface area contributed by atoms with Crippen LogP contribution >= 0.6 is 0 Å². The molecular weight excluding hydrogens is 316 g/mol. The van der Waals surface area contributed by atoms with E-state index in [-0.39, 0.29) is 24.3 Å². The van der Waals surface area contributed by atoms with E-state index < -0.39 is 11.6 Å². The van der Waals surface area contributed by atoms with Crippen LogP contribution in [-0.4, -0.2) is 12.7 Å². The number of ether oxygens (including phenoxy) is 2. The van der Waals surface area contributed by atoms with E-state index in [0.29, 0.717) is 11.5 Å². The summed E-state index contributed by atoms with van der Waals surface area (Å²) in [6.45, 7) is 2.01. The molecular formula is C18H15F2NO3. The molecule has 24 heavy (non-hydrogen) atoms. The third kappa shape index (κ3) is 3.53. The zero-order valence-corrected chi connectivity index (χ0v) is 12.9. The lowest BCUT2D eigenvalue weighted by molar-refractivity contribution is -0.117. The van der Waals surface area contributed by atoms with E-state index in [2.05, 4.69) is 5.32 Å². The van der Waals surface area contributed by atoms with E-state index in [0.717, 1.165) is 17.7 Å². The molecule has 6 heteroatoms. The quantitative estimate of drug-likeness (QED) is 0.871. The molecule has 0 aliphatic carbocycles. The third-order valence-electron chi connectivity index (χ3n) is 3.63. The Hall–Kier alpha value is -2.89. The number of rotatable bonds is 4. The lowest BCUT2D eigenvalue weighted by Crippen LogP contribution is -2.24. The molecule has 1 aliphatic heterocycles. The summed E-state index contributed by atoms with van der Waals surface area (Å²) in [5, 5.41) is 2.77. The van der Waals surface area contributed by atoms with Gasteiger partial charge in [0.2, 0.25) is 12.7 Å². The number of carbonyl (C=O) groups is 1. The summed E-state index contributed by atoms with van der Waals surface area (Å²) in [7, 11) is 0. The Balaban J connectivity index is 1.64. The molecule has 1 amide bonds. The minimum absolute atomic E-state index is 0.141. The lowest BCUT2D eigenvalue weighted by Gasteiger charge is -2.13. The molecule has 0 saturated carbocycles. The molecule has 0 fully saturated rings. The van der Waals surface area contributed by atoms with Gasteiger partial charge in [0.25, 0.3) is 0 Å². The van der Waals surface area contributed by atoms with Gasteiger partial charge < -0.3 is 14.8 Å². The van der Waals surface area contributed by atoms with Crippen molar-refractivity contribution in [2.45, 2.75) is 13.0 Å². The highest BCUT2D eigenvalue weighted by molar-refractivity contribution is 5.92. The molecule has 2 aromatic rings. The van der Waals surface area contributed by atoms with Gasteiger partial charge in [0.15, 0.2) is 11.5 Å². The Bertz CT molecular complexity index is 805. The van der Waals surface area contributed by atoms with Gasteiger partial charge in [-0.3, -0.25) is 4.79 Å². The number of carbonyl (C=O) groups excluding carboxylic acids is 1. The van der Waals surface area contributed by atoms with Crippen molar-refractivity contribution in [3.8, 4) is 11.5 Å². The molecule has 1 atom stereocenters. The average molecular weight is 331 g/mol. The number of hydrogen-bond donors (Lipinski definition) is 1.